The molecule has 2 heterocycles. The fourth-order valence-electron chi connectivity index (χ4n) is 11.5. The van der Waals surface area contributed by atoms with Crippen LogP contribution in [0.15, 0.2) is 231 Å². The first-order valence-electron chi connectivity index (χ1n) is 24.1. The van der Waals surface area contributed by atoms with Crippen molar-refractivity contribution in [3.8, 4) is 73.2 Å². The predicted molar refractivity (Wildman–Crippen MR) is 291 cm³/mol. The Morgan fingerprint density at radius 1 is 0.300 bits per heavy atom. The molecule has 0 N–H and O–H groups in total. The van der Waals surface area contributed by atoms with E-state index in [2.05, 4.69) is 243 Å². The molecule has 0 fully saturated rings. The number of nitrogens with zero attached hydrogens (tertiary/aromatic N) is 4. The van der Waals surface area contributed by atoms with Crippen molar-refractivity contribution in [3.63, 3.8) is 0 Å². The zero-order valence-electron chi connectivity index (χ0n) is 38.7. The van der Waals surface area contributed by atoms with Gasteiger partial charge in [-0.1, -0.05) is 208 Å². The lowest BCUT2D eigenvalue weighted by Crippen LogP contribution is -2.14. The summed E-state index contributed by atoms with van der Waals surface area (Å²) in [5, 5.41) is 9.85. The van der Waals surface area contributed by atoms with E-state index in [1.165, 1.54) is 70.9 Å². The second-order valence-electron chi connectivity index (χ2n) is 19.1. The monoisotopic (exact) mass is 892 g/mol. The van der Waals surface area contributed by atoms with Gasteiger partial charge in [0, 0.05) is 38.6 Å². The Bertz CT molecular complexity index is 4230. The normalized spacial score (nSPS) is 12.8. The van der Waals surface area contributed by atoms with Gasteiger partial charge in [-0.2, -0.15) is 0 Å². The van der Waals surface area contributed by atoms with Crippen LogP contribution in [-0.2, 0) is 5.41 Å². The Kier molecular flexibility index (Phi) is 8.90. The van der Waals surface area contributed by atoms with Crippen LogP contribution in [0.5, 0.6) is 0 Å². The van der Waals surface area contributed by atoms with Gasteiger partial charge in [-0.3, -0.25) is 0 Å². The molecule has 11 aromatic carbocycles. The summed E-state index contributed by atoms with van der Waals surface area (Å²) in [6.45, 7) is 4.64. The van der Waals surface area contributed by atoms with Gasteiger partial charge in [0.05, 0.1) is 11.0 Å². The molecule has 0 radical (unpaired) electrons. The fourth-order valence-corrected chi connectivity index (χ4v) is 11.5. The maximum Gasteiger partial charge on any atom is 0.164 e. The number of para-hydroxylation sites is 1. The molecule has 0 aliphatic heterocycles. The quantitative estimate of drug-likeness (QED) is 0.156. The summed E-state index contributed by atoms with van der Waals surface area (Å²) in [5.41, 5.74) is 15.4. The van der Waals surface area contributed by atoms with Crippen LogP contribution in [0.3, 0.4) is 0 Å². The standard InChI is InChI=1S/C66H44N4/c1-66(2)58-29-15-13-27-55(58)62-56(28-17-30-59(62)66)65-68-63(42-20-7-4-8-21-42)67-64(69-65)46-36-45(43-32-34-52-50-24-10-9-22-48(50)49-23-11-12-25-51(49)57(52)39-43)37-47(38-46)70-60-31-16-14-26-53(60)54-35-33-44(40-61(54)70)41-18-5-3-6-19-41/h3-40H,1-2H3. The Hall–Kier alpha value is -8.99. The van der Waals surface area contributed by atoms with Crippen LogP contribution in [-0.4, -0.2) is 19.5 Å². The van der Waals surface area contributed by atoms with E-state index in [0.717, 1.165) is 50.1 Å². The molecule has 0 amide bonds. The van der Waals surface area contributed by atoms with Gasteiger partial charge >= 0.3 is 0 Å². The molecule has 70 heavy (non-hydrogen) atoms. The highest BCUT2D eigenvalue weighted by Crippen LogP contribution is 2.52. The van der Waals surface area contributed by atoms with Crippen molar-refractivity contribution in [2.75, 3.05) is 0 Å². The van der Waals surface area contributed by atoms with Gasteiger partial charge in [-0.15, -0.1) is 0 Å². The number of fused-ring (bicyclic) bond motifs is 12. The van der Waals surface area contributed by atoms with Crippen LogP contribution < -0.4 is 0 Å². The van der Waals surface area contributed by atoms with Crippen molar-refractivity contribution >= 4 is 54.1 Å². The zero-order valence-corrected chi connectivity index (χ0v) is 38.7. The smallest absolute Gasteiger partial charge is 0.164 e. The molecule has 0 atom stereocenters. The van der Waals surface area contributed by atoms with E-state index >= 15 is 0 Å². The van der Waals surface area contributed by atoms with E-state index in [-0.39, 0.29) is 5.41 Å². The van der Waals surface area contributed by atoms with Crippen molar-refractivity contribution in [1.82, 2.24) is 19.5 Å². The third kappa shape index (κ3) is 6.20. The Balaban J connectivity index is 1.06. The molecule has 1 aliphatic rings. The molecular formula is C66H44N4. The van der Waals surface area contributed by atoms with Crippen LogP contribution >= 0.6 is 0 Å². The first-order valence-corrected chi connectivity index (χ1v) is 24.1. The minimum Gasteiger partial charge on any atom is -0.309 e. The molecule has 0 saturated carbocycles. The van der Waals surface area contributed by atoms with Crippen LogP contribution in [0.25, 0.3) is 127 Å². The van der Waals surface area contributed by atoms with Crippen molar-refractivity contribution in [3.05, 3.63) is 242 Å². The van der Waals surface area contributed by atoms with Gasteiger partial charge in [-0.05, 0) is 113 Å². The van der Waals surface area contributed by atoms with Gasteiger partial charge < -0.3 is 4.57 Å². The number of aromatic nitrogens is 4. The molecule has 4 heteroatoms. The molecular weight excluding hydrogens is 849 g/mol. The summed E-state index contributed by atoms with van der Waals surface area (Å²) in [4.78, 5) is 16.3. The molecule has 0 spiro atoms. The third-order valence-corrected chi connectivity index (χ3v) is 14.8. The first-order chi connectivity index (χ1) is 34.5. The number of rotatable bonds is 6. The van der Waals surface area contributed by atoms with E-state index in [4.69, 9.17) is 15.0 Å². The zero-order chi connectivity index (χ0) is 46.5. The summed E-state index contributed by atoms with van der Waals surface area (Å²) < 4.78 is 2.43. The van der Waals surface area contributed by atoms with E-state index in [0.29, 0.717) is 17.5 Å². The SMILES string of the molecule is CC1(C)c2ccccc2-c2c(-c3nc(-c4ccccc4)nc(-c4cc(-c5ccc6c7ccccc7c7ccccc7c6c5)cc(-n5c6ccccc6c6ccc(-c7ccccc7)cc65)c4)n3)cccc21. The lowest BCUT2D eigenvalue weighted by molar-refractivity contribution is 0.660. The van der Waals surface area contributed by atoms with Gasteiger partial charge in [0.25, 0.3) is 0 Å². The van der Waals surface area contributed by atoms with Crippen LogP contribution in [0.1, 0.15) is 25.0 Å². The van der Waals surface area contributed by atoms with Gasteiger partial charge in [-0.25, -0.2) is 15.0 Å². The number of benzene rings is 11. The molecule has 1 aliphatic carbocycles. The minimum atomic E-state index is -0.177. The highest BCUT2D eigenvalue weighted by atomic mass is 15.0. The van der Waals surface area contributed by atoms with Crippen molar-refractivity contribution < 1.29 is 0 Å². The summed E-state index contributed by atoms with van der Waals surface area (Å²) >= 11 is 0. The van der Waals surface area contributed by atoms with E-state index in [1.54, 1.807) is 0 Å². The topological polar surface area (TPSA) is 43.6 Å². The number of hydrogen-bond acceptors (Lipinski definition) is 3. The molecule has 13 aromatic rings. The molecule has 2 aromatic heterocycles. The molecule has 4 nitrogen and oxygen atoms in total. The van der Waals surface area contributed by atoms with E-state index in [1.807, 2.05) is 6.07 Å². The molecule has 0 saturated heterocycles. The van der Waals surface area contributed by atoms with Gasteiger partial charge in [0.1, 0.15) is 0 Å². The third-order valence-electron chi connectivity index (χ3n) is 14.8. The Morgan fingerprint density at radius 3 is 1.53 bits per heavy atom. The Labute approximate surface area is 405 Å². The molecule has 328 valence electrons. The lowest BCUT2D eigenvalue weighted by atomic mass is 9.82. The first kappa shape index (κ1) is 40.1. The minimum absolute atomic E-state index is 0.177. The summed E-state index contributed by atoms with van der Waals surface area (Å²) in [6.07, 6.45) is 0. The van der Waals surface area contributed by atoms with Crippen LogP contribution in [0.2, 0.25) is 0 Å². The van der Waals surface area contributed by atoms with Crippen molar-refractivity contribution in [2.45, 2.75) is 19.3 Å². The molecule has 0 unspecified atom stereocenters. The lowest BCUT2D eigenvalue weighted by Gasteiger charge is -2.21. The summed E-state index contributed by atoms with van der Waals surface area (Å²) in [5.74, 6) is 1.88. The van der Waals surface area contributed by atoms with Crippen molar-refractivity contribution in [1.29, 1.82) is 0 Å². The van der Waals surface area contributed by atoms with Crippen LogP contribution in [0.4, 0.5) is 0 Å². The van der Waals surface area contributed by atoms with Gasteiger partial charge in [0.15, 0.2) is 17.5 Å². The Morgan fingerprint density at radius 2 is 0.800 bits per heavy atom. The average molecular weight is 893 g/mol. The van der Waals surface area contributed by atoms with Gasteiger partial charge in [0.2, 0.25) is 0 Å². The van der Waals surface area contributed by atoms with E-state index in [9.17, 15) is 0 Å². The second kappa shape index (κ2) is 15.5. The average Bonchev–Trinajstić information content (AvgIpc) is 3.88. The van der Waals surface area contributed by atoms with Crippen LogP contribution in [0, 0.1) is 0 Å². The maximum atomic E-state index is 5.53. The fraction of sp³-hybridized carbons (Fsp3) is 0.0455. The molecule has 14 rings (SSSR count). The molecule has 0 bridgehead atoms. The number of hydrogen-bond donors (Lipinski definition) is 0. The predicted octanol–water partition coefficient (Wildman–Crippen LogP) is 17.1. The van der Waals surface area contributed by atoms with E-state index < -0.39 is 0 Å². The largest absolute Gasteiger partial charge is 0.309 e. The highest BCUT2D eigenvalue weighted by molar-refractivity contribution is 6.25. The maximum absolute atomic E-state index is 5.53. The van der Waals surface area contributed by atoms with Crippen molar-refractivity contribution in [2.24, 2.45) is 0 Å². The summed E-state index contributed by atoms with van der Waals surface area (Å²) in [7, 11) is 0. The second-order valence-corrected chi connectivity index (χ2v) is 19.1. The highest BCUT2D eigenvalue weighted by Gasteiger charge is 2.37. The summed E-state index contributed by atoms with van der Waals surface area (Å²) in [6, 6.07) is 83.4.